The van der Waals surface area contributed by atoms with Gasteiger partial charge in [0.15, 0.2) is 0 Å². The van der Waals surface area contributed by atoms with Crippen LogP contribution in [0.2, 0.25) is 12.5 Å². The quantitative estimate of drug-likeness (QED) is 0.0639. The fraction of sp³-hybridized carbons (Fsp3) is 1.00. The molecule has 0 radical (unpaired) electrons. The minimum atomic E-state index is -1.24. The van der Waals surface area contributed by atoms with Crippen molar-refractivity contribution < 1.29 is 0 Å². The molecule has 0 atom stereocenters. The van der Waals surface area contributed by atoms with Crippen LogP contribution in [0.15, 0.2) is 0 Å². The summed E-state index contributed by atoms with van der Waals surface area (Å²) < 4.78 is 5.23. The molecule has 0 heterocycles. The maximum absolute atomic E-state index is 2.32. The first-order chi connectivity index (χ1) is 18.3. The van der Waals surface area contributed by atoms with Crippen LogP contribution in [-0.2, 0) is 0 Å². The van der Waals surface area contributed by atoms with Gasteiger partial charge in [0.25, 0.3) is 0 Å². The van der Waals surface area contributed by atoms with Gasteiger partial charge in [0.2, 0.25) is 0 Å². The molecule has 0 aromatic heterocycles. The zero-order valence-electron chi connectivity index (χ0n) is 26.9. The summed E-state index contributed by atoms with van der Waals surface area (Å²) in [6.07, 6.45) is 45.0. The van der Waals surface area contributed by atoms with Crippen LogP contribution in [-0.4, -0.2) is 21.4 Å². The van der Waals surface area contributed by atoms with E-state index < -0.39 is 21.4 Å². The molecule has 0 spiro atoms. The summed E-state index contributed by atoms with van der Waals surface area (Å²) in [6.45, 7) is 6.97. The Morgan fingerprint density at radius 3 is 0.568 bits per heavy atom. The van der Waals surface area contributed by atoms with E-state index in [1.807, 2.05) is 0 Å². The van der Waals surface area contributed by atoms with E-state index in [4.69, 9.17) is 0 Å². The van der Waals surface area contributed by atoms with E-state index in [0.717, 1.165) is 0 Å². The van der Waals surface area contributed by atoms with E-state index in [2.05, 4.69) is 20.8 Å². The monoisotopic (exact) mass is 622 g/mol. The predicted octanol–water partition coefficient (Wildman–Crippen LogP) is 14.2. The first-order valence-electron chi connectivity index (χ1n) is 18.3. The zero-order chi connectivity index (χ0) is 26.9. The summed E-state index contributed by atoms with van der Waals surface area (Å²) in [5.41, 5.74) is 0. The van der Waals surface area contributed by atoms with E-state index in [1.165, 1.54) is 154 Å². The number of unbranched alkanes of at least 4 members (excludes halogenated alkanes) is 27. The van der Waals surface area contributed by atoms with Gasteiger partial charge in [-0.1, -0.05) is 0 Å². The molecule has 0 amide bonds. The predicted molar refractivity (Wildman–Crippen MR) is 176 cm³/mol. The first-order valence-corrected chi connectivity index (χ1v) is 25.3. The van der Waals surface area contributed by atoms with Gasteiger partial charge in [-0.05, 0) is 0 Å². The maximum atomic E-state index is 2.32. The Morgan fingerprint density at radius 1 is 0.216 bits per heavy atom. The van der Waals surface area contributed by atoms with Crippen molar-refractivity contribution in [2.75, 3.05) is 0 Å². The molecule has 0 aliphatic carbocycles. The Hall–Kier alpha value is 0.870. The van der Waals surface area contributed by atoms with Crippen molar-refractivity contribution >= 4 is 21.4 Å². The third kappa shape index (κ3) is 33.0. The van der Waals surface area contributed by atoms with E-state index in [0.29, 0.717) is 0 Å². The summed E-state index contributed by atoms with van der Waals surface area (Å²) in [5.74, 6) is 0. The van der Waals surface area contributed by atoms with Crippen LogP contribution in [0, 0.1) is 0 Å². The van der Waals surface area contributed by atoms with Gasteiger partial charge in [0.1, 0.15) is 0 Å². The molecular weight excluding hydrogens is 547 g/mol. The molecule has 0 fully saturated rings. The molecule has 0 bridgehead atoms. The molecule has 0 saturated heterocycles. The van der Waals surface area contributed by atoms with Crippen molar-refractivity contribution in [3.05, 3.63) is 0 Å². The third-order valence-electron chi connectivity index (χ3n) is 8.90. The van der Waals surface area contributed by atoms with Gasteiger partial charge in [-0.3, -0.25) is 0 Å². The Balaban J connectivity index is 3.87. The average molecular weight is 623 g/mol. The molecule has 37 heavy (non-hydrogen) atoms. The van der Waals surface area contributed by atoms with E-state index in [9.17, 15) is 0 Å². The topological polar surface area (TPSA) is 0 Å². The summed E-state index contributed by atoms with van der Waals surface area (Å²) >= 11 is -1.24. The molecule has 0 unspecified atom stereocenters. The second kappa shape index (κ2) is 34.9. The molecule has 1 heteroatoms. The van der Waals surface area contributed by atoms with Crippen LogP contribution in [0.1, 0.15) is 213 Å². The van der Waals surface area contributed by atoms with Crippen molar-refractivity contribution in [2.45, 2.75) is 226 Å². The SMILES string of the molecule is CCCCCCCCCCC[CH2][In]([CH2]CCCCCCCCCCC)[CH2]CCCCCCCCCCC. The van der Waals surface area contributed by atoms with Crippen LogP contribution in [0.25, 0.3) is 0 Å². The molecule has 222 valence electrons. The standard InChI is InChI=1S/3C12H25.In/c3*1-3-5-7-9-11-12-10-8-6-4-2;/h3*1,3-12H2,2H3;. The summed E-state index contributed by atoms with van der Waals surface area (Å²) in [7, 11) is 0. The number of hydrogen-bond acceptors (Lipinski definition) is 0. The van der Waals surface area contributed by atoms with Crippen molar-refractivity contribution in [3.63, 3.8) is 0 Å². The van der Waals surface area contributed by atoms with E-state index in [-0.39, 0.29) is 0 Å². The first kappa shape index (κ1) is 37.9. The fourth-order valence-electron chi connectivity index (χ4n) is 6.19. The second-order valence-electron chi connectivity index (χ2n) is 12.8. The van der Waals surface area contributed by atoms with Gasteiger partial charge in [-0.25, -0.2) is 0 Å². The molecule has 0 rings (SSSR count). The Bertz CT molecular complexity index is 322. The number of rotatable bonds is 33. The average Bonchev–Trinajstić information content (AvgIpc) is 2.91. The van der Waals surface area contributed by atoms with Gasteiger partial charge in [0.05, 0.1) is 0 Å². The fourth-order valence-corrected chi connectivity index (χ4v) is 16.1. The van der Waals surface area contributed by atoms with E-state index >= 15 is 0 Å². The molecular formula is C36H75In. The number of hydrogen-bond donors (Lipinski definition) is 0. The van der Waals surface area contributed by atoms with Crippen LogP contribution >= 0.6 is 0 Å². The molecule has 0 aliphatic heterocycles. The minimum absolute atomic E-state index is 1.24. The Kier molecular flexibility index (Phi) is 35.7. The third-order valence-corrected chi connectivity index (χ3v) is 19.4. The molecule has 0 aromatic carbocycles. The van der Waals surface area contributed by atoms with Crippen molar-refractivity contribution in [1.82, 2.24) is 0 Å². The van der Waals surface area contributed by atoms with Crippen LogP contribution in [0.5, 0.6) is 0 Å². The normalized spacial score (nSPS) is 11.4. The van der Waals surface area contributed by atoms with E-state index in [1.54, 1.807) is 51.1 Å². The van der Waals surface area contributed by atoms with Gasteiger partial charge in [0, 0.05) is 0 Å². The van der Waals surface area contributed by atoms with Crippen LogP contribution < -0.4 is 0 Å². The Morgan fingerprint density at radius 2 is 0.378 bits per heavy atom. The van der Waals surface area contributed by atoms with Crippen molar-refractivity contribution in [3.8, 4) is 0 Å². The molecule has 0 N–H and O–H groups in total. The van der Waals surface area contributed by atoms with Gasteiger partial charge < -0.3 is 0 Å². The van der Waals surface area contributed by atoms with Crippen LogP contribution in [0.4, 0.5) is 0 Å². The molecule has 0 aromatic rings. The Labute approximate surface area is 246 Å². The molecule has 0 nitrogen and oxygen atoms in total. The molecule has 0 saturated carbocycles. The second-order valence-corrected chi connectivity index (χ2v) is 22.7. The van der Waals surface area contributed by atoms with Gasteiger partial charge in [-0.2, -0.15) is 0 Å². The zero-order valence-corrected chi connectivity index (χ0v) is 30.2. The van der Waals surface area contributed by atoms with Gasteiger partial charge in [-0.15, -0.1) is 0 Å². The summed E-state index contributed by atoms with van der Waals surface area (Å²) in [6, 6.07) is 0. The summed E-state index contributed by atoms with van der Waals surface area (Å²) in [5, 5.41) is 0. The van der Waals surface area contributed by atoms with Gasteiger partial charge >= 0.3 is 247 Å². The summed E-state index contributed by atoms with van der Waals surface area (Å²) in [4.78, 5) is 0. The van der Waals surface area contributed by atoms with Crippen molar-refractivity contribution in [2.24, 2.45) is 0 Å². The van der Waals surface area contributed by atoms with Crippen LogP contribution in [0.3, 0.4) is 0 Å². The molecule has 0 aliphatic rings. The van der Waals surface area contributed by atoms with Crippen molar-refractivity contribution in [1.29, 1.82) is 0 Å².